The second-order valence-corrected chi connectivity index (χ2v) is 8.82. The predicted molar refractivity (Wildman–Crippen MR) is 92.3 cm³/mol. The summed E-state index contributed by atoms with van der Waals surface area (Å²) < 4.78 is 23.9. The van der Waals surface area contributed by atoms with Crippen LogP contribution in [0.25, 0.3) is 0 Å². The van der Waals surface area contributed by atoms with Gasteiger partial charge in [-0.2, -0.15) is 0 Å². The zero-order valence-corrected chi connectivity index (χ0v) is 14.9. The van der Waals surface area contributed by atoms with E-state index >= 15 is 0 Å². The molecule has 0 spiro atoms. The Labute approximate surface area is 139 Å². The van der Waals surface area contributed by atoms with Gasteiger partial charge in [0.2, 0.25) is 0 Å². The van der Waals surface area contributed by atoms with Crippen molar-refractivity contribution in [2.75, 3.05) is 5.75 Å². The highest BCUT2D eigenvalue weighted by Gasteiger charge is 2.19. The Morgan fingerprint density at radius 3 is 2.61 bits per heavy atom. The third kappa shape index (κ3) is 5.06. The highest BCUT2D eigenvalue weighted by molar-refractivity contribution is 7.91. The van der Waals surface area contributed by atoms with Crippen molar-refractivity contribution in [1.82, 2.24) is 5.32 Å². The number of carbonyl (C=O) groups is 1. The molecule has 1 fully saturated rings. The molecule has 1 atom stereocenters. The number of carbonyl (C=O) groups excluding carboxylic acids is 1. The van der Waals surface area contributed by atoms with Gasteiger partial charge < -0.3 is 5.32 Å². The number of nitrogens with one attached hydrogen (secondary N) is 1. The van der Waals surface area contributed by atoms with Gasteiger partial charge in [0.15, 0.2) is 9.84 Å². The Hall–Kier alpha value is -1.36. The molecule has 1 amide bonds. The van der Waals surface area contributed by atoms with Crippen LogP contribution in [-0.2, 0) is 9.84 Å². The Morgan fingerprint density at radius 1 is 1.26 bits per heavy atom. The zero-order valence-electron chi connectivity index (χ0n) is 14.0. The molecule has 5 heteroatoms. The molecule has 128 valence electrons. The van der Waals surface area contributed by atoms with Crippen LogP contribution in [0.5, 0.6) is 0 Å². The minimum absolute atomic E-state index is 0.0379. The van der Waals surface area contributed by atoms with Gasteiger partial charge in [0, 0.05) is 11.6 Å². The first kappa shape index (κ1) is 18.0. The SMILES string of the molecule is CCS(=O)(=O)c1cccc(C(=O)N[C@H](C)CC2CCCCC2)c1. The van der Waals surface area contributed by atoms with E-state index in [0.29, 0.717) is 11.5 Å². The molecule has 1 aromatic rings. The van der Waals surface area contributed by atoms with E-state index in [2.05, 4.69) is 5.32 Å². The summed E-state index contributed by atoms with van der Waals surface area (Å²) in [5, 5.41) is 3.01. The highest BCUT2D eigenvalue weighted by atomic mass is 32.2. The lowest BCUT2D eigenvalue weighted by Gasteiger charge is -2.25. The van der Waals surface area contributed by atoms with Gasteiger partial charge in [0.25, 0.3) is 5.91 Å². The van der Waals surface area contributed by atoms with Crippen molar-refractivity contribution in [1.29, 1.82) is 0 Å². The predicted octanol–water partition coefficient (Wildman–Crippen LogP) is 3.57. The summed E-state index contributed by atoms with van der Waals surface area (Å²) in [6, 6.07) is 6.42. The van der Waals surface area contributed by atoms with Gasteiger partial charge in [-0.3, -0.25) is 4.79 Å². The standard InChI is InChI=1S/C18H27NO3S/c1-3-23(21,22)17-11-7-10-16(13-17)18(20)19-14(2)12-15-8-5-4-6-9-15/h7,10-11,13-15H,3-6,8-9,12H2,1-2H3,(H,19,20)/t14-/m1/s1. The molecule has 0 unspecified atom stereocenters. The maximum absolute atomic E-state index is 12.4. The van der Waals surface area contributed by atoms with Crippen molar-refractivity contribution in [2.24, 2.45) is 5.92 Å². The summed E-state index contributed by atoms with van der Waals surface area (Å²) in [4.78, 5) is 12.6. The third-order valence-corrected chi connectivity index (χ3v) is 6.36. The summed E-state index contributed by atoms with van der Waals surface area (Å²) in [5.41, 5.74) is 0.412. The average Bonchev–Trinajstić information content (AvgIpc) is 2.55. The molecule has 0 aromatic heterocycles. The molecular weight excluding hydrogens is 310 g/mol. The fourth-order valence-corrected chi connectivity index (χ4v) is 4.21. The lowest BCUT2D eigenvalue weighted by Crippen LogP contribution is -2.34. The molecule has 1 aromatic carbocycles. The van der Waals surface area contributed by atoms with Crippen molar-refractivity contribution in [2.45, 2.75) is 63.3 Å². The Bertz CT molecular complexity index is 633. The Balaban J connectivity index is 1.98. The summed E-state index contributed by atoms with van der Waals surface area (Å²) in [6.45, 7) is 3.63. The minimum Gasteiger partial charge on any atom is -0.350 e. The fourth-order valence-electron chi connectivity index (χ4n) is 3.29. The largest absolute Gasteiger partial charge is 0.350 e. The summed E-state index contributed by atoms with van der Waals surface area (Å²) >= 11 is 0. The van der Waals surface area contributed by atoms with Crippen molar-refractivity contribution in [3.63, 3.8) is 0 Å². The molecule has 0 heterocycles. The van der Waals surface area contributed by atoms with Gasteiger partial charge in [-0.1, -0.05) is 45.1 Å². The summed E-state index contributed by atoms with van der Waals surface area (Å²) in [5.74, 6) is 0.545. The van der Waals surface area contributed by atoms with E-state index < -0.39 is 9.84 Å². The molecule has 4 nitrogen and oxygen atoms in total. The van der Waals surface area contributed by atoms with Gasteiger partial charge in [0.05, 0.1) is 10.6 Å². The first-order valence-corrected chi connectivity index (χ1v) is 10.2. The highest BCUT2D eigenvalue weighted by Crippen LogP contribution is 2.27. The quantitative estimate of drug-likeness (QED) is 0.863. The van der Waals surface area contributed by atoms with E-state index in [4.69, 9.17) is 0 Å². The van der Waals surface area contributed by atoms with Crippen LogP contribution in [0.3, 0.4) is 0 Å². The number of hydrogen-bond acceptors (Lipinski definition) is 3. The topological polar surface area (TPSA) is 63.2 Å². The molecule has 1 aliphatic rings. The Morgan fingerprint density at radius 2 is 1.96 bits per heavy atom. The number of rotatable bonds is 6. The average molecular weight is 337 g/mol. The smallest absolute Gasteiger partial charge is 0.251 e. The van der Waals surface area contributed by atoms with Crippen LogP contribution in [0.4, 0.5) is 0 Å². The van der Waals surface area contributed by atoms with Crippen molar-refractivity contribution in [3.05, 3.63) is 29.8 Å². The molecule has 2 rings (SSSR count). The molecule has 1 aliphatic carbocycles. The van der Waals surface area contributed by atoms with Crippen LogP contribution < -0.4 is 5.32 Å². The summed E-state index contributed by atoms with van der Waals surface area (Å²) in [7, 11) is -3.29. The van der Waals surface area contributed by atoms with E-state index in [1.54, 1.807) is 25.1 Å². The molecule has 0 saturated heterocycles. The molecule has 1 N–H and O–H groups in total. The number of amides is 1. The number of hydrogen-bond donors (Lipinski definition) is 1. The second kappa shape index (κ2) is 7.95. The fraction of sp³-hybridized carbons (Fsp3) is 0.611. The molecule has 0 radical (unpaired) electrons. The molecular formula is C18H27NO3S. The normalized spacial score (nSPS) is 17.7. The molecule has 23 heavy (non-hydrogen) atoms. The van der Waals surface area contributed by atoms with E-state index in [9.17, 15) is 13.2 Å². The van der Waals surface area contributed by atoms with Crippen molar-refractivity contribution >= 4 is 15.7 Å². The van der Waals surface area contributed by atoms with E-state index in [-0.39, 0.29) is 22.6 Å². The first-order valence-electron chi connectivity index (χ1n) is 8.56. The minimum atomic E-state index is -3.29. The van der Waals surface area contributed by atoms with Crippen LogP contribution in [0, 0.1) is 5.92 Å². The van der Waals surface area contributed by atoms with Gasteiger partial charge >= 0.3 is 0 Å². The van der Waals surface area contributed by atoms with E-state index in [0.717, 1.165) is 6.42 Å². The van der Waals surface area contributed by atoms with Gasteiger partial charge in [-0.15, -0.1) is 0 Å². The molecule has 1 saturated carbocycles. The first-order chi connectivity index (χ1) is 10.9. The van der Waals surface area contributed by atoms with Gasteiger partial charge in [0.1, 0.15) is 0 Å². The molecule has 0 bridgehead atoms. The van der Waals surface area contributed by atoms with E-state index in [1.807, 2.05) is 6.92 Å². The maximum Gasteiger partial charge on any atom is 0.251 e. The monoisotopic (exact) mass is 337 g/mol. The summed E-state index contributed by atoms with van der Waals surface area (Å²) in [6.07, 6.45) is 7.42. The lowest BCUT2D eigenvalue weighted by molar-refractivity contribution is 0.0932. The van der Waals surface area contributed by atoms with E-state index in [1.165, 1.54) is 38.2 Å². The third-order valence-electron chi connectivity index (χ3n) is 4.62. The van der Waals surface area contributed by atoms with Crippen LogP contribution in [-0.4, -0.2) is 26.1 Å². The van der Waals surface area contributed by atoms with Crippen LogP contribution in [0.2, 0.25) is 0 Å². The zero-order chi connectivity index (χ0) is 16.9. The lowest BCUT2D eigenvalue weighted by atomic mass is 9.85. The Kier molecular flexibility index (Phi) is 6.22. The second-order valence-electron chi connectivity index (χ2n) is 6.55. The van der Waals surface area contributed by atoms with Gasteiger partial charge in [-0.25, -0.2) is 8.42 Å². The molecule has 0 aliphatic heterocycles. The number of sulfone groups is 1. The van der Waals surface area contributed by atoms with Crippen LogP contribution >= 0.6 is 0 Å². The van der Waals surface area contributed by atoms with Crippen molar-refractivity contribution < 1.29 is 13.2 Å². The van der Waals surface area contributed by atoms with Crippen molar-refractivity contribution in [3.8, 4) is 0 Å². The maximum atomic E-state index is 12.4. The van der Waals surface area contributed by atoms with Crippen LogP contribution in [0.1, 0.15) is 62.7 Å². The number of benzene rings is 1. The van der Waals surface area contributed by atoms with Gasteiger partial charge in [-0.05, 0) is 37.5 Å². The van der Waals surface area contributed by atoms with Crippen LogP contribution in [0.15, 0.2) is 29.2 Å².